The van der Waals surface area contributed by atoms with Gasteiger partial charge in [-0.25, -0.2) is 9.97 Å². The fourth-order valence-corrected chi connectivity index (χ4v) is 2.92. The highest BCUT2D eigenvalue weighted by Gasteiger charge is 2.25. The molecule has 2 heterocycles. The first-order valence-corrected chi connectivity index (χ1v) is 6.23. The molecule has 0 radical (unpaired) electrons. The van der Waals surface area contributed by atoms with Gasteiger partial charge in [-0.05, 0) is 27.4 Å². The Bertz CT molecular complexity index is 572. The fourth-order valence-electron chi connectivity index (χ4n) is 1.36. The van der Waals surface area contributed by atoms with Crippen molar-refractivity contribution >= 4 is 38.8 Å². The van der Waals surface area contributed by atoms with Crippen LogP contribution >= 0.6 is 27.3 Å². The molecule has 6 nitrogen and oxygen atoms in total. The van der Waals surface area contributed by atoms with E-state index in [1.165, 1.54) is 17.7 Å². The second-order valence-corrected chi connectivity index (χ2v) is 4.79. The Morgan fingerprint density at radius 1 is 1.53 bits per heavy atom. The smallest absolute Gasteiger partial charge is 0.338 e. The minimum atomic E-state index is -0.479. The van der Waals surface area contributed by atoms with Gasteiger partial charge in [0.25, 0.3) is 0 Å². The Labute approximate surface area is 109 Å². The van der Waals surface area contributed by atoms with E-state index < -0.39 is 4.92 Å². The van der Waals surface area contributed by atoms with Gasteiger partial charge in [0.1, 0.15) is 6.33 Å². The van der Waals surface area contributed by atoms with Crippen molar-refractivity contribution in [2.75, 3.05) is 12.4 Å². The molecule has 2 aromatic heterocycles. The summed E-state index contributed by atoms with van der Waals surface area (Å²) in [5, 5.41) is 15.6. The van der Waals surface area contributed by atoms with Crippen LogP contribution in [0, 0.1) is 10.1 Å². The first kappa shape index (κ1) is 11.9. The number of anilines is 1. The van der Waals surface area contributed by atoms with Gasteiger partial charge in [0.2, 0.25) is 5.82 Å². The van der Waals surface area contributed by atoms with Gasteiger partial charge < -0.3 is 5.32 Å². The van der Waals surface area contributed by atoms with Crippen LogP contribution in [0.15, 0.2) is 22.2 Å². The molecule has 0 aliphatic heterocycles. The molecular formula is C9H7BrN4O2S. The van der Waals surface area contributed by atoms with E-state index in [0.717, 1.165) is 9.35 Å². The maximum absolute atomic E-state index is 11.1. The average Bonchev–Trinajstić information content (AvgIpc) is 2.74. The normalized spacial score (nSPS) is 10.2. The first-order chi connectivity index (χ1) is 8.15. The van der Waals surface area contributed by atoms with Crippen LogP contribution in [0.4, 0.5) is 11.5 Å². The van der Waals surface area contributed by atoms with Crippen LogP contribution in [0.25, 0.3) is 10.6 Å². The Morgan fingerprint density at radius 3 is 2.82 bits per heavy atom. The number of nitro groups is 1. The van der Waals surface area contributed by atoms with Crippen molar-refractivity contribution in [1.29, 1.82) is 0 Å². The summed E-state index contributed by atoms with van der Waals surface area (Å²) in [6.07, 6.45) is 1.31. The fraction of sp³-hybridized carbons (Fsp3) is 0.111. The largest absolute Gasteiger partial charge is 0.367 e. The zero-order valence-electron chi connectivity index (χ0n) is 8.68. The molecule has 0 fully saturated rings. The number of hydrogen-bond acceptors (Lipinski definition) is 6. The molecule has 0 atom stereocenters. The van der Waals surface area contributed by atoms with Gasteiger partial charge >= 0.3 is 5.69 Å². The van der Waals surface area contributed by atoms with Gasteiger partial charge in [-0.2, -0.15) is 0 Å². The molecule has 0 aromatic carbocycles. The molecule has 0 aliphatic rings. The predicted molar refractivity (Wildman–Crippen MR) is 69.2 cm³/mol. The third-order valence-electron chi connectivity index (χ3n) is 2.07. The van der Waals surface area contributed by atoms with E-state index in [2.05, 4.69) is 31.2 Å². The monoisotopic (exact) mass is 314 g/mol. The maximum atomic E-state index is 11.1. The van der Waals surface area contributed by atoms with E-state index in [-0.39, 0.29) is 11.5 Å². The summed E-state index contributed by atoms with van der Waals surface area (Å²) >= 11 is 4.72. The molecule has 2 aromatic rings. The summed E-state index contributed by atoms with van der Waals surface area (Å²) in [7, 11) is 1.59. The van der Waals surface area contributed by atoms with E-state index in [1.807, 2.05) is 11.4 Å². The maximum Gasteiger partial charge on any atom is 0.338 e. The van der Waals surface area contributed by atoms with Crippen LogP contribution < -0.4 is 5.32 Å². The van der Waals surface area contributed by atoms with E-state index in [9.17, 15) is 10.1 Å². The van der Waals surface area contributed by atoms with Crippen molar-refractivity contribution in [3.63, 3.8) is 0 Å². The predicted octanol–water partition coefficient (Wildman–Crippen LogP) is 2.92. The summed E-state index contributed by atoms with van der Waals surface area (Å²) < 4.78 is 0.784. The lowest BCUT2D eigenvalue weighted by Crippen LogP contribution is -2.02. The Balaban J connectivity index is 2.70. The molecule has 0 saturated carbocycles. The second-order valence-electron chi connectivity index (χ2n) is 3.02. The molecule has 0 unspecified atom stereocenters. The topological polar surface area (TPSA) is 81.0 Å². The van der Waals surface area contributed by atoms with Crippen LogP contribution in [0.3, 0.4) is 0 Å². The number of thiophene rings is 1. The third kappa shape index (κ3) is 2.13. The third-order valence-corrected chi connectivity index (χ3v) is 3.92. The summed E-state index contributed by atoms with van der Waals surface area (Å²) in [5.74, 6) is 0.209. The zero-order chi connectivity index (χ0) is 12.4. The van der Waals surface area contributed by atoms with E-state index in [0.29, 0.717) is 5.69 Å². The van der Waals surface area contributed by atoms with Gasteiger partial charge in [-0.15, -0.1) is 11.3 Å². The Hall–Kier alpha value is -1.54. The van der Waals surface area contributed by atoms with Crippen LogP contribution in [-0.4, -0.2) is 21.9 Å². The van der Waals surface area contributed by atoms with Crippen LogP contribution in [0.1, 0.15) is 0 Å². The molecule has 1 N–H and O–H groups in total. The van der Waals surface area contributed by atoms with Gasteiger partial charge in [-0.1, -0.05) is 0 Å². The summed E-state index contributed by atoms with van der Waals surface area (Å²) in [4.78, 5) is 19.2. The molecule has 0 amide bonds. The molecule has 0 saturated heterocycles. The van der Waals surface area contributed by atoms with Crippen LogP contribution in [-0.2, 0) is 0 Å². The number of aromatic nitrogens is 2. The van der Waals surface area contributed by atoms with Crippen molar-refractivity contribution in [2.24, 2.45) is 0 Å². The summed E-state index contributed by atoms with van der Waals surface area (Å²) in [5.41, 5.74) is 0.203. The summed E-state index contributed by atoms with van der Waals surface area (Å²) in [6.45, 7) is 0. The standard InChI is InChI=1S/C9H7BrN4O2S/c1-11-9-7(14(15)16)6(12-4-13-9)8-5(10)2-3-17-8/h2-4H,1H3,(H,11,12,13). The quantitative estimate of drug-likeness (QED) is 0.696. The lowest BCUT2D eigenvalue weighted by Gasteiger charge is -2.04. The van der Waals surface area contributed by atoms with E-state index >= 15 is 0 Å². The molecule has 0 bridgehead atoms. The average molecular weight is 315 g/mol. The lowest BCUT2D eigenvalue weighted by atomic mass is 10.3. The molecule has 2 rings (SSSR count). The molecule has 88 valence electrons. The minimum Gasteiger partial charge on any atom is -0.367 e. The molecule has 8 heteroatoms. The Kier molecular flexibility index (Phi) is 3.34. The number of hydrogen-bond donors (Lipinski definition) is 1. The molecule has 0 aliphatic carbocycles. The van der Waals surface area contributed by atoms with E-state index in [1.54, 1.807) is 7.05 Å². The number of halogens is 1. The number of nitrogens with zero attached hydrogens (tertiary/aromatic N) is 3. The highest BCUT2D eigenvalue weighted by Crippen LogP contribution is 2.39. The van der Waals surface area contributed by atoms with Gasteiger partial charge in [0, 0.05) is 11.5 Å². The molecule has 0 spiro atoms. The number of rotatable bonds is 3. The highest BCUT2D eigenvalue weighted by molar-refractivity contribution is 9.10. The van der Waals surface area contributed by atoms with Gasteiger partial charge in [0.15, 0.2) is 5.69 Å². The van der Waals surface area contributed by atoms with Crippen molar-refractivity contribution in [1.82, 2.24) is 9.97 Å². The van der Waals surface area contributed by atoms with Gasteiger partial charge in [-0.3, -0.25) is 10.1 Å². The first-order valence-electron chi connectivity index (χ1n) is 4.55. The second kappa shape index (κ2) is 4.76. The molecule has 17 heavy (non-hydrogen) atoms. The van der Waals surface area contributed by atoms with Crippen molar-refractivity contribution < 1.29 is 4.92 Å². The van der Waals surface area contributed by atoms with Crippen LogP contribution in [0.5, 0.6) is 0 Å². The van der Waals surface area contributed by atoms with Crippen LogP contribution in [0.2, 0.25) is 0 Å². The number of nitrogens with one attached hydrogen (secondary N) is 1. The molecular weight excluding hydrogens is 308 g/mol. The SMILES string of the molecule is CNc1ncnc(-c2sccc2Br)c1[N+](=O)[O-]. The van der Waals surface area contributed by atoms with Crippen molar-refractivity contribution in [3.05, 3.63) is 32.4 Å². The van der Waals surface area contributed by atoms with Crippen molar-refractivity contribution in [3.8, 4) is 10.6 Å². The minimum absolute atomic E-state index is 0.113. The zero-order valence-corrected chi connectivity index (χ0v) is 11.1. The van der Waals surface area contributed by atoms with Crippen molar-refractivity contribution in [2.45, 2.75) is 0 Å². The lowest BCUT2D eigenvalue weighted by molar-refractivity contribution is -0.383. The Morgan fingerprint density at radius 2 is 2.29 bits per heavy atom. The summed E-state index contributed by atoms with van der Waals surface area (Å²) in [6, 6.07) is 1.82. The van der Waals surface area contributed by atoms with E-state index in [4.69, 9.17) is 0 Å². The van der Waals surface area contributed by atoms with Gasteiger partial charge in [0.05, 0.1) is 9.80 Å². The highest BCUT2D eigenvalue weighted by atomic mass is 79.9.